The first-order valence-corrected chi connectivity index (χ1v) is 8.88. The maximum atomic E-state index is 13.1. The molecule has 2 aromatic heterocycles. The average Bonchev–Trinajstić information content (AvgIpc) is 3.27. The number of hydrogen-bond acceptors (Lipinski definition) is 2. The standard InChI is InChI=1S/C22H19FN2O2/c23-17-8-10-18(11-9-17)24-22(26)20-15-21-19(12-14-27-21)25(20)13-4-7-16-5-2-1-3-6-16/h1-3,5-6,8-12,14-15H,4,7,13H2,(H,24,26). The summed E-state index contributed by atoms with van der Waals surface area (Å²) in [5.41, 5.74) is 3.92. The van der Waals surface area contributed by atoms with E-state index in [9.17, 15) is 9.18 Å². The summed E-state index contributed by atoms with van der Waals surface area (Å²) in [4.78, 5) is 12.8. The van der Waals surface area contributed by atoms with Crippen molar-refractivity contribution in [1.29, 1.82) is 0 Å². The normalized spacial score (nSPS) is 11.0. The number of anilines is 1. The molecular weight excluding hydrogens is 343 g/mol. The highest BCUT2D eigenvalue weighted by molar-refractivity contribution is 6.05. The maximum absolute atomic E-state index is 13.1. The molecule has 1 N–H and O–H groups in total. The molecule has 0 saturated carbocycles. The summed E-state index contributed by atoms with van der Waals surface area (Å²) in [6.45, 7) is 0.699. The third-order valence-electron chi connectivity index (χ3n) is 4.55. The lowest BCUT2D eigenvalue weighted by Gasteiger charge is -2.11. The van der Waals surface area contributed by atoms with E-state index in [2.05, 4.69) is 17.4 Å². The first-order valence-electron chi connectivity index (χ1n) is 8.88. The number of carbonyl (C=O) groups excluding carboxylic acids is 1. The van der Waals surface area contributed by atoms with Crippen LogP contribution >= 0.6 is 0 Å². The fraction of sp³-hybridized carbons (Fsp3) is 0.136. The molecule has 4 nitrogen and oxygen atoms in total. The van der Waals surface area contributed by atoms with E-state index in [1.807, 2.05) is 28.8 Å². The summed E-state index contributed by atoms with van der Waals surface area (Å²) in [6.07, 6.45) is 3.45. The molecule has 0 aliphatic rings. The van der Waals surface area contributed by atoms with E-state index in [0.717, 1.165) is 18.4 Å². The van der Waals surface area contributed by atoms with Crippen molar-refractivity contribution in [3.05, 3.63) is 90.1 Å². The molecule has 5 heteroatoms. The lowest BCUT2D eigenvalue weighted by Crippen LogP contribution is -2.17. The fourth-order valence-corrected chi connectivity index (χ4v) is 3.22. The molecule has 1 amide bonds. The van der Waals surface area contributed by atoms with Crippen LogP contribution in [0.25, 0.3) is 11.1 Å². The minimum Gasteiger partial charge on any atom is -0.463 e. The van der Waals surface area contributed by atoms with E-state index in [1.165, 1.54) is 17.7 Å². The molecule has 4 rings (SSSR count). The number of carbonyl (C=O) groups is 1. The number of aryl methyl sites for hydroxylation is 2. The third kappa shape index (κ3) is 3.77. The van der Waals surface area contributed by atoms with Gasteiger partial charge >= 0.3 is 0 Å². The Morgan fingerprint density at radius 1 is 1.04 bits per heavy atom. The lowest BCUT2D eigenvalue weighted by molar-refractivity contribution is 0.101. The number of fused-ring (bicyclic) bond motifs is 1. The van der Waals surface area contributed by atoms with Gasteiger partial charge in [-0.3, -0.25) is 4.79 Å². The summed E-state index contributed by atoms with van der Waals surface area (Å²) in [6, 6.07) is 19.6. The molecule has 0 fully saturated rings. The molecule has 2 aromatic carbocycles. The van der Waals surface area contributed by atoms with Gasteiger partial charge in [-0.15, -0.1) is 0 Å². The number of hydrogen-bond donors (Lipinski definition) is 1. The number of rotatable bonds is 6. The molecule has 4 aromatic rings. The number of halogens is 1. The summed E-state index contributed by atoms with van der Waals surface area (Å²) in [7, 11) is 0. The summed E-state index contributed by atoms with van der Waals surface area (Å²) in [5, 5.41) is 2.82. The largest absolute Gasteiger partial charge is 0.463 e. The molecular formula is C22H19FN2O2. The van der Waals surface area contributed by atoms with Gasteiger partial charge in [-0.05, 0) is 42.7 Å². The Balaban J connectivity index is 1.53. The Morgan fingerprint density at radius 2 is 1.81 bits per heavy atom. The van der Waals surface area contributed by atoms with Crippen molar-refractivity contribution in [3.63, 3.8) is 0 Å². The molecule has 0 unspecified atom stereocenters. The van der Waals surface area contributed by atoms with Crippen molar-refractivity contribution in [1.82, 2.24) is 4.57 Å². The molecule has 0 aliphatic carbocycles. The van der Waals surface area contributed by atoms with Crippen molar-refractivity contribution in [2.75, 3.05) is 5.32 Å². The van der Waals surface area contributed by atoms with E-state index in [4.69, 9.17) is 4.42 Å². The highest BCUT2D eigenvalue weighted by atomic mass is 19.1. The minimum absolute atomic E-state index is 0.243. The maximum Gasteiger partial charge on any atom is 0.272 e. The van der Waals surface area contributed by atoms with Gasteiger partial charge in [-0.2, -0.15) is 0 Å². The van der Waals surface area contributed by atoms with Gasteiger partial charge in [-0.25, -0.2) is 4.39 Å². The second kappa shape index (κ2) is 7.50. The molecule has 2 heterocycles. The Hall–Kier alpha value is -3.34. The van der Waals surface area contributed by atoms with E-state index in [-0.39, 0.29) is 11.7 Å². The van der Waals surface area contributed by atoms with Crippen molar-refractivity contribution in [3.8, 4) is 0 Å². The topological polar surface area (TPSA) is 47.2 Å². The lowest BCUT2D eigenvalue weighted by atomic mass is 10.1. The minimum atomic E-state index is -0.338. The van der Waals surface area contributed by atoms with Crippen LogP contribution in [0.4, 0.5) is 10.1 Å². The van der Waals surface area contributed by atoms with Crippen LogP contribution in [-0.2, 0) is 13.0 Å². The number of nitrogens with one attached hydrogen (secondary N) is 1. The molecule has 136 valence electrons. The summed E-state index contributed by atoms with van der Waals surface area (Å²) >= 11 is 0. The van der Waals surface area contributed by atoms with E-state index in [1.54, 1.807) is 24.5 Å². The predicted octanol–water partition coefficient (Wildman–Crippen LogP) is 5.26. The highest BCUT2D eigenvalue weighted by Crippen LogP contribution is 2.23. The molecule has 0 bridgehead atoms. The number of nitrogens with zero attached hydrogens (tertiary/aromatic N) is 1. The van der Waals surface area contributed by atoms with Crippen molar-refractivity contribution < 1.29 is 13.6 Å². The van der Waals surface area contributed by atoms with Crippen LogP contribution in [0.1, 0.15) is 22.5 Å². The predicted molar refractivity (Wildman–Crippen MR) is 103 cm³/mol. The zero-order valence-electron chi connectivity index (χ0n) is 14.7. The van der Waals surface area contributed by atoms with Gasteiger partial charge in [0.2, 0.25) is 0 Å². The monoisotopic (exact) mass is 362 g/mol. The van der Waals surface area contributed by atoms with Gasteiger partial charge in [-0.1, -0.05) is 30.3 Å². The van der Waals surface area contributed by atoms with Crippen molar-refractivity contribution in [2.45, 2.75) is 19.4 Å². The van der Waals surface area contributed by atoms with Crippen molar-refractivity contribution >= 4 is 22.7 Å². The first kappa shape index (κ1) is 17.1. The SMILES string of the molecule is O=C(Nc1ccc(F)cc1)c1cc2occc2n1CCCc1ccccc1. The Kier molecular flexibility index (Phi) is 4.75. The van der Waals surface area contributed by atoms with E-state index >= 15 is 0 Å². The van der Waals surface area contributed by atoms with Crippen LogP contribution < -0.4 is 5.32 Å². The average molecular weight is 362 g/mol. The second-order valence-corrected chi connectivity index (χ2v) is 6.40. The molecule has 0 aliphatic heterocycles. The number of aromatic nitrogens is 1. The van der Waals surface area contributed by atoms with Gasteiger partial charge < -0.3 is 14.3 Å². The molecule has 0 radical (unpaired) electrons. The summed E-state index contributed by atoms with van der Waals surface area (Å²) in [5.74, 6) is -0.581. The number of amides is 1. The van der Waals surface area contributed by atoms with Crippen LogP contribution in [0.5, 0.6) is 0 Å². The van der Waals surface area contributed by atoms with Gasteiger partial charge in [0.15, 0.2) is 5.58 Å². The third-order valence-corrected chi connectivity index (χ3v) is 4.55. The van der Waals surface area contributed by atoms with Crippen LogP contribution in [0, 0.1) is 5.82 Å². The van der Waals surface area contributed by atoms with Crippen LogP contribution in [0.15, 0.2) is 77.4 Å². The van der Waals surface area contributed by atoms with Crippen LogP contribution in [-0.4, -0.2) is 10.5 Å². The fourth-order valence-electron chi connectivity index (χ4n) is 3.22. The van der Waals surface area contributed by atoms with Gasteiger partial charge in [0, 0.05) is 24.4 Å². The zero-order chi connectivity index (χ0) is 18.6. The number of benzene rings is 2. The number of furan rings is 1. The Morgan fingerprint density at radius 3 is 2.59 bits per heavy atom. The van der Waals surface area contributed by atoms with E-state index in [0.29, 0.717) is 23.5 Å². The Labute approximate surface area is 156 Å². The quantitative estimate of drug-likeness (QED) is 0.509. The van der Waals surface area contributed by atoms with Gasteiger partial charge in [0.25, 0.3) is 5.91 Å². The molecule has 27 heavy (non-hydrogen) atoms. The highest BCUT2D eigenvalue weighted by Gasteiger charge is 2.17. The summed E-state index contributed by atoms with van der Waals surface area (Å²) < 4.78 is 20.5. The van der Waals surface area contributed by atoms with Crippen LogP contribution in [0.3, 0.4) is 0 Å². The first-order chi connectivity index (χ1) is 13.2. The second-order valence-electron chi connectivity index (χ2n) is 6.40. The molecule has 0 spiro atoms. The van der Waals surface area contributed by atoms with E-state index < -0.39 is 0 Å². The zero-order valence-corrected chi connectivity index (χ0v) is 14.7. The van der Waals surface area contributed by atoms with Gasteiger partial charge in [0.05, 0.1) is 11.8 Å². The van der Waals surface area contributed by atoms with Gasteiger partial charge in [0.1, 0.15) is 11.5 Å². The van der Waals surface area contributed by atoms with Crippen LogP contribution in [0.2, 0.25) is 0 Å². The Bertz CT molecular complexity index is 1050. The molecule has 0 saturated heterocycles. The smallest absolute Gasteiger partial charge is 0.272 e. The molecule has 0 atom stereocenters. The van der Waals surface area contributed by atoms with Crippen molar-refractivity contribution in [2.24, 2.45) is 0 Å².